The Morgan fingerprint density at radius 1 is 0.951 bits per heavy atom. The molecule has 15 nitrogen and oxygen atoms in total. The number of aliphatic hydroxyl groups is 7. The number of fused-ring (bicyclic) bond motifs is 1. The number of nitrogens with one attached hydrogen (secondary N) is 2. The van der Waals surface area contributed by atoms with Crippen molar-refractivity contribution in [2.45, 2.75) is 36.3 Å². The third-order valence-corrected chi connectivity index (χ3v) is 7.33. The third kappa shape index (κ3) is 4.55. The van der Waals surface area contributed by atoms with Crippen molar-refractivity contribution >= 4 is 23.4 Å². The Morgan fingerprint density at radius 3 is 2.24 bits per heavy atom. The molecule has 3 aliphatic rings. The van der Waals surface area contributed by atoms with E-state index in [4.69, 9.17) is 4.74 Å². The Bertz CT molecular complexity index is 1430. The first kappa shape index (κ1) is 28.9. The number of nitrogens with zero attached hydrogens (tertiary/aromatic N) is 2. The summed E-state index contributed by atoms with van der Waals surface area (Å²) >= 11 is 0. The summed E-state index contributed by atoms with van der Waals surface area (Å²) in [4.78, 5) is 38.4. The number of rotatable bonds is 6. The molecule has 3 heterocycles. The molecule has 0 aliphatic carbocycles. The number of carbonyl (C=O) groups is 3. The Hall–Kier alpha value is -3.58. The lowest BCUT2D eigenvalue weighted by atomic mass is 9.99. The highest BCUT2D eigenvalue weighted by atomic mass is 19.1. The number of amides is 3. The molecule has 0 aromatic heterocycles. The van der Waals surface area contributed by atoms with Crippen molar-refractivity contribution in [1.82, 2.24) is 15.1 Å². The van der Waals surface area contributed by atoms with Crippen LogP contribution < -0.4 is 10.6 Å². The molecule has 0 bridgehead atoms. The van der Waals surface area contributed by atoms with E-state index in [1.165, 1.54) is 6.07 Å². The molecule has 2 fully saturated rings. The van der Waals surface area contributed by atoms with Crippen molar-refractivity contribution in [3.05, 3.63) is 64.5 Å². The number of anilines is 1. The van der Waals surface area contributed by atoms with Gasteiger partial charge >= 0.3 is 0 Å². The average Bonchev–Trinajstić information content (AvgIpc) is 3.12. The van der Waals surface area contributed by atoms with Gasteiger partial charge in [-0.25, -0.2) is 14.2 Å². The highest BCUT2D eigenvalue weighted by Gasteiger charge is 2.62. The van der Waals surface area contributed by atoms with E-state index in [9.17, 15) is 50.1 Å². The summed E-state index contributed by atoms with van der Waals surface area (Å²) in [5.74, 6) is -14.5. The summed E-state index contributed by atoms with van der Waals surface area (Å²) in [5.41, 5.74) is -6.23. The minimum absolute atomic E-state index is 0.0343. The molecular weight excluding hydrogens is 551 g/mol. The zero-order valence-electron chi connectivity index (χ0n) is 21.2. The number of halogens is 1. The molecule has 5 rings (SSSR count). The smallest absolute Gasteiger partial charge is 0.283 e. The maximum Gasteiger partial charge on any atom is 0.283 e. The zero-order chi connectivity index (χ0) is 30.0. The Kier molecular flexibility index (Phi) is 6.89. The van der Waals surface area contributed by atoms with Crippen LogP contribution in [-0.2, 0) is 32.1 Å². The fourth-order valence-electron chi connectivity index (χ4n) is 5.26. The fraction of sp³-hybridized carbons (Fsp3) is 0.400. The van der Waals surface area contributed by atoms with Crippen LogP contribution in [0.1, 0.15) is 39.9 Å². The van der Waals surface area contributed by atoms with Crippen LogP contribution in [0.2, 0.25) is 0 Å². The lowest BCUT2D eigenvalue weighted by Gasteiger charge is -2.42. The van der Waals surface area contributed by atoms with Crippen molar-refractivity contribution in [2.75, 3.05) is 31.6 Å². The largest absolute Gasteiger partial charge is 0.379 e. The molecule has 1 unspecified atom stereocenters. The monoisotopic (exact) mass is 578 g/mol. The van der Waals surface area contributed by atoms with Crippen LogP contribution in [0.25, 0.3) is 0 Å². The fourth-order valence-corrected chi connectivity index (χ4v) is 5.26. The minimum Gasteiger partial charge on any atom is -0.379 e. The summed E-state index contributed by atoms with van der Waals surface area (Å²) in [5, 5.41) is 80.3. The summed E-state index contributed by atoms with van der Waals surface area (Å²) < 4.78 is 20.8. The highest BCUT2D eigenvalue weighted by Crippen LogP contribution is 2.46. The topological polar surface area (TPSA) is 233 Å². The quantitative estimate of drug-likeness (QED) is 0.124. The van der Waals surface area contributed by atoms with Gasteiger partial charge in [-0.1, -0.05) is 12.1 Å². The second-order valence-electron chi connectivity index (χ2n) is 9.90. The van der Waals surface area contributed by atoms with Crippen LogP contribution >= 0.6 is 0 Å². The normalized spacial score (nSPS) is 23.4. The molecule has 2 aromatic rings. The average molecular weight is 579 g/mol. The predicted octanol–water partition coefficient (Wildman–Crippen LogP) is -2.86. The number of hydrogen-bond donors (Lipinski definition) is 9. The second kappa shape index (κ2) is 9.76. The van der Waals surface area contributed by atoms with Crippen LogP contribution in [-0.4, -0.2) is 95.3 Å². The number of ether oxygens (including phenoxy) is 1. The van der Waals surface area contributed by atoms with Gasteiger partial charge in [-0.2, -0.15) is 0 Å². The van der Waals surface area contributed by atoms with Crippen LogP contribution in [0.5, 0.6) is 0 Å². The summed E-state index contributed by atoms with van der Waals surface area (Å²) in [6.07, 6.45) is -1.10. The lowest BCUT2D eigenvalue weighted by Crippen LogP contribution is -2.67. The van der Waals surface area contributed by atoms with Gasteiger partial charge in [0.15, 0.2) is 0 Å². The molecule has 2 aromatic carbocycles. The van der Waals surface area contributed by atoms with Gasteiger partial charge in [0.25, 0.3) is 29.5 Å². The molecule has 1 atom stereocenters. The van der Waals surface area contributed by atoms with Gasteiger partial charge in [-0.3, -0.25) is 19.7 Å². The number of hydrogen-bond acceptors (Lipinski definition) is 13. The lowest BCUT2D eigenvalue weighted by molar-refractivity contribution is -0.302. The second-order valence-corrected chi connectivity index (χ2v) is 9.90. The number of piperidine rings is 1. The Labute approximate surface area is 230 Å². The van der Waals surface area contributed by atoms with Gasteiger partial charge in [0.05, 0.1) is 35.5 Å². The number of carbonyl (C=O) groups excluding carboxylic acids is 3. The molecule has 3 amide bonds. The number of morpholine rings is 1. The molecule has 2 saturated heterocycles. The minimum atomic E-state index is -3.43. The van der Waals surface area contributed by atoms with Gasteiger partial charge in [-0.15, -0.1) is 0 Å². The highest BCUT2D eigenvalue weighted by molar-refractivity contribution is 6.08. The first-order valence-corrected chi connectivity index (χ1v) is 12.4. The van der Waals surface area contributed by atoms with E-state index in [1.807, 2.05) is 5.32 Å². The summed E-state index contributed by atoms with van der Waals surface area (Å²) in [7, 11) is 0. The number of benzene rings is 2. The van der Waals surface area contributed by atoms with E-state index in [0.29, 0.717) is 0 Å². The molecule has 0 saturated carbocycles. The third-order valence-electron chi connectivity index (χ3n) is 7.33. The maximum atomic E-state index is 15.6. The van der Waals surface area contributed by atoms with Gasteiger partial charge in [0.2, 0.25) is 11.6 Å². The van der Waals surface area contributed by atoms with Gasteiger partial charge < -0.3 is 45.8 Å². The maximum absolute atomic E-state index is 15.6. The van der Waals surface area contributed by atoms with Crippen LogP contribution in [0.3, 0.4) is 0 Å². The van der Waals surface area contributed by atoms with Crippen molar-refractivity contribution in [1.29, 1.82) is 0 Å². The summed E-state index contributed by atoms with van der Waals surface area (Å²) in [6, 6.07) is 6.43. The molecule has 0 radical (unpaired) electrons. The van der Waals surface area contributed by atoms with Gasteiger partial charge in [0, 0.05) is 31.6 Å². The number of imide groups is 1. The van der Waals surface area contributed by atoms with Crippen molar-refractivity contribution in [3.63, 3.8) is 0 Å². The Balaban J connectivity index is 1.51. The molecule has 41 heavy (non-hydrogen) atoms. The zero-order valence-corrected chi connectivity index (χ0v) is 21.2. The van der Waals surface area contributed by atoms with E-state index in [-0.39, 0.29) is 31.2 Å². The van der Waals surface area contributed by atoms with E-state index < -0.39 is 87.8 Å². The van der Waals surface area contributed by atoms with E-state index in [0.717, 1.165) is 35.2 Å². The molecule has 9 N–H and O–H groups in total. The van der Waals surface area contributed by atoms with Crippen molar-refractivity contribution in [3.8, 4) is 0 Å². The van der Waals surface area contributed by atoms with Crippen LogP contribution in [0.15, 0.2) is 36.4 Å². The predicted molar refractivity (Wildman–Crippen MR) is 131 cm³/mol. The molecule has 16 heteroatoms. The molecule has 3 aliphatic heterocycles. The SMILES string of the molecule is O=C1CCC(O)(N2C(=O)c3cccc(NC(O)(O)c4cccc(C(O)(O)N5CCOCC5)c4F)c3C2(O)O)C(=O)N1. The Morgan fingerprint density at radius 2 is 1.59 bits per heavy atom. The summed E-state index contributed by atoms with van der Waals surface area (Å²) in [6.45, 7) is 0.350. The molecule has 220 valence electrons. The van der Waals surface area contributed by atoms with E-state index in [2.05, 4.69) is 5.32 Å². The van der Waals surface area contributed by atoms with E-state index in [1.54, 1.807) is 0 Å². The standard InChI is InChI=1S/C25H27FN4O11/c26-19-14(4-2-5-15(19)24(37,38)29-9-11-41-12-10-29)23(35,36)28-16-6-1-3-13-18(16)25(39,40)30(20(13)32)22(34)8-7-17(31)27-21(22)33/h1-6,28,34-40H,7-12H2,(H,27,31,33). The van der Waals surface area contributed by atoms with Crippen molar-refractivity contribution in [2.24, 2.45) is 0 Å². The first-order valence-electron chi connectivity index (χ1n) is 12.4. The van der Waals surface area contributed by atoms with E-state index >= 15 is 4.39 Å². The van der Waals surface area contributed by atoms with Gasteiger partial charge in [-0.05, 0) is 24.3 Å². The van der Waals surface area contributed by atoms with Gasteiger partial charge in [0.1, 0.15) is 5.82 Å². The van der Waals surface area contributed by atoms with Crippen LogP contribution in [0, 0.1) is 5.82 Å². The molecule has 0 spiro atoms. The van der Waals surface area contributed by atoms with Crippen LogP contribution in [0.4, 0.5) is 10.1 Å². The first-order chi connectivity index (χ1) is 19.1. The molecular formula is C25H27FN4O11. The van der Waals surface area contributed by atoms with Crippen molar-refractivity contribution < 1.29 is 59.3 Å².